The molecule has 3 rings (SSSR count). The summed E-state index contributed by atoms with van der Waals surface area (Å²) in [5, 5.41) is 2.95. The zero-order valence-electron chi connectivity index (χ0n) is 17.5. The summed E-state index contributed by atoms with van der Waals surface area (Å²) >= 11 is 0. The molecule has 2 aliphatic rings. The molecular weight excluding hydrogens is 410 g/mol. The Morgan fingerprint density at radius 1 is 1.07 bits per heavy atom. The molecule has 0 bridgehead atoms. The number of carbonyl (C=O) groups is 2. The van der Waals surface area contributed by atoms with Crippen molar-refractivity contribution in [2.45, 2.75) is 49.8 Å². The second kappa shape index (κ2) is 9.32. The Labute approximate surface area is 177 Å². The molecule has 2 heterocycles. The lowest BCUT2D eigenvalue weighted by atomic mass is 10.0. The topological polar surface area (TPSA) is 105 Å². The first-order valence-electron chi connectivity index (χ1n) is 10.1. The number of morpholine rings is 1. The lowest BCUT2D eigenvalue weighted by Crippen LogP contribution is -2.48. The summed E-state index contributed by atoms with van der Waals surface area (Å²) in [7, 11) is -2.29. The van der Waals surface area contributed by atoms with Gasteiger partial charge in [-0.25, -0.2) is 13.2 Å². The van der Waals surface area contributed by atoms with Crippen LogP contribution >= 0.6 is 0 Å². The quantitative estimate of drug-likeness (QED) is 0.761. The SMILES string of the molecule is COC(=O)N1CCC(NC(=O)c2ccc(S(=O)(=O)N3CC(C)OC(C)C3)cc2)CC1. The predicted molar refractivity (Wildman–Crippen MR) is 110 cm³/mol. The molecule has 0 aliphatic carbocycles. The molecule has 10 heteroatoms. The second-order valence-corrected chi connectivity index (χ2v) is 9.75. The van der Waals surface area contributed by atoms with Crippen LogP contribution in [0.4, 0.5) is 4.79 Å². The Balaban J connectivity index is 1.60. The number of ether oxygens (including phenoxy) is 2. The van der Waals surface area contributed by atoms with E-state index in [4.69, 9.17) is 9.47 Å². The third-order valence-electron chi connectivity index (χ3n) is 5.40. The molecule has 9 nitrogen and oxygen atoms in total. The standard InChI is InChI=1S/C20H29N3O6S/c1-14-12-23(13-15(2)29-14)30(26,27)18-6-4-16(5-7-18)19(24)21-17-8-10-22(11-9-17)20(25)28-3/h4-7,14-15,17H,8-13H2,1-3H3,(H,21,24). The van der Waals surface area contributed by atoms with Gasteiger partial charge in [0, 0.05) is 37.8 Å². The van der Waals surface area contributed by atoms with Crippen LogP contribution in [0.2, 0.25) is 0 Å². The van der Waals surface area contributed by atoms with E-state index < -0.39 is 10.0 Å². The number of rotatable bonds is 4. The highest BCUT2D eigenvalue weighted by atomic mass is 32.2. The number of piperidine rings is 1. The fraction of sp³-hybridized carbons (Fsp3) is 0.600. The maximum atomic E-state index is 12.9. The van der Waals surface area contributed by atoms with Crippen LogP contribution in [0, 0.1) is 0 Å². The van der Waals surface area contributed by atoms with Gasteiger partial charge in [-0.2, -0.15) is 4.31 Å². The number of amides is 2. The van der Waals surface area contributed by atoms with Gasteiger partial charge in [0.2, 0.25) is 10.0 Å². The van der Waals surface area contributed by atoms with E-state index in [0.29, 0.717) is 44.6 Å². The number of hydrogen-bond donors (Lipinski definition) is 1. The maximum Gasteiger partial charge on any atom is 0.409 e. The minimum Gasteiger partial charge on any atom is -0.453 e. The summed E-state index contributed by atoms with van der Waals surface area (Å²) in [5.74, 6) is -0.260. The number of sulfonamides is 1. The summed E-state index contributed by atoms with van der Waals surface area (Å²) in [6.45, 7) is 5.34. The molecule has 0 aromatic heterocycles. The van der Waals surface area contributed by atoms with Crippen LogP contribution in [0.25, 0.3) is 0 Å². The molecular formula is C20H29N3O6S. The Bertz CT molecular complexity index is 855. The number of nitrogens with one attached hydrogen (secondary N) is 1. The first-order valence-corrected chi connectivity index (χ1v) is 11.5. The van der Waals surface area contributed by atoms with Gasteiger partial charge >= 0.3 is 6.09 Å². The molecule has 2 amide bonds. The van der Waals surface area contributed by atoms with Crippen LogP contribution in [-0.4, -0.2) is 81.2 Å². The van der Waals surface area contributed by atoms with Gasteiger partial charge in [0.1, 0.15) is 0 Å². The van der Waals surface area contributed by atoms with Crippen molar-refractivity contribution >= 4 is 22.0 Å². The van der Waals surface area contributed by atoms with Gasteiger partial charge in [0.25, 0.3) is 5.91 Å². The van der Waals surface area contributed by atoms with Crippen LogP contribution in [0.1, 0.15) is 37.0 Å². The van der Waals surface area contributed by atoms with Gasteiger partial charge < -0.3 is 19.7 Å². The predicted octanol–water partition coefficient (Wildman–Crippen LogP) is 1.45. The minimum absolute atomic E-state index is 0.0434. The Morgan fingerprint density at radius 2 is 1.63 bits per heavy atom. The van der Waals surface area contributed by atoms with Gasteiger partial charge in [0.15, 0.2) is 0 Å². The van der Waals surface area contributed by atoms with E-state index in [1.165, 1.54) is 35.7 Å². The number of likely N-dealkylation sites (tertiary alicyclic amines) is 1. The van der Waals surface area contributed by atoms with Crippen molar-refractivity contribution in [2.75, 3.05) is 33.3 Å². The molecule has 30 heavy (non-hydrogen) atoms. The molecule has 0 saturated carbocycles. The largest absolute Gasteiger partial charge is 0.453 e. The fourth-order valence-electron chi connectivity index (χ4n) is 3.86. The number of benzene rings is 1. The van der Waals surface area contributed by atoms with Gasteiger partial charge in [-0.3, -0.25) is 4.79 Å². The van der Waals surface area contributed by atoms with E-state index in [1.807, 2.05) is 13.8 Å². The van der Waals surface area contributed by atoms with E-state index >= 15 is 0 Å². The van der Waals surface area contributed by atoms with Gasteiger partial charge in [0.05, 0.1) is 24.2 Å². The van der Waals surface area contributed by atoms with Gasteiger partial charge in [-0.05, 0) is 51.0 Å². The molecule has 1 N–H and O–H groups in total. The highest BCUT2D eigenvalue weighted by Gasteiger charge is 2.32. The summed E-state index contributed by atoms with van der Waals surface area (Å²) in [4.78, 5) is 25.8. The maximum absolute atomic E-state index is 12.9. The van der Waals surface area contributed by atoms with Crippen LogP contribution in [0.15, 0.2) is 29.2 Å². The van der Waals surface area contributed by atoms with Crippen molar-refractivity contribution in [3.8, 4) is 0 Å². The first kappa shape index (κ1) is 22.5. The van der Waals surface area contributed by atoms with Crippen molar-refractivity contribution in [2.24, 2.45) is 0 Å². The highest BCUT2D eigenvalue weighted by Crippen LogP contribution is 2.21. The Kier molecular flexibility index (Phi) is 6.99. The normalized spacial score (nSPS) is 23.8. The van der Waals surface area contributed by atoms with Crippen molar-refractivity contribution in [1.29, 1.82) is 0 Å². The van der Waals surface area contributed by atoms with Gasteiger partial charge in [-0.1, -0.05) is 0 Å². The summed E-state index contributed by atoms with van der Waals surface area (Å²) < 4.78 is 37.6. The van der Waals surface area contributed by atoms with Crippen LogP contribution in [0.5, 0.6) is 0 Å². The van der Waals surface area contributed by atoms with Gasteiger partial charge in [-0.15, -0.1) is 0 Å². The molecule has 2 fully saturated rings. The monoisotopic (exact) mass is 439 g/mol. The van der Waals surface area contributed by atoms with E-state index in [2.05, 4.69) is 5.32 Å². The molecule has 2 aliphatic heterocycles. The molecule has 1 aromatic carbocycles. The summed E-state index contributed by atoms with van der Waals surface area (Å²) in [6, 6.07) is 5.94. The highest BCUT2D eigenvalue weighted by molar-refractivity contribution is 7.89. The number of nitrogens with zero attached hydrogens (tertiary/aromatic N) is 2. The number of hydrogen-bond acceptors (Lipinski definition) is 6. The minimum atomic E-state index is -3.64. The first-order chi connectivity index (χ1) is 14.2. The smallest absolute Gasteiger partial charge is 0.409 e. The third kappa shape index (κ3) is 5.11. The second-order valence-electron chi connectivity index (χ2n) is 7.81. The summed E-state index contributed by atoms with van der Waals surface area (Å²) in [6.07, 6.45) is 0.584. The van der Waals surface area contributed by atoms with Crippen molar-refractivity contribution in [3.05, 3.63) is 29.8 Å². The average Bonchev–Trinajstić information content (AvgIpc) is 2.73. The fourth-order valence-corrected chi connectivity index (χ4v) is 5.45. The Morgan fingerprint density at radius 3 is 2.17 bits per heavy atom. The van der Waals surface area contributed by atoms with Crippen LogP contribution < -0.4 is 5.32 Å². The average molecular weight is 440 g/mol. The molecule has 0 spiro atoms. The zero-order chi connectivity index (χ0) is 21.9. The van der Waals surface area contributed by atoms with Crippen LogP contribution in [-0.2, 0) is 19.5 Å². The number of carbonyl (C=O) groups excluding carboxylic acids is 2. The molecule has 0 radical (unpaired) electrons. The molecule has 2 unspecified atom stereocenters. The van der Waals surface area contributed by atoms with Crippen molar-refractivity contribution in [3.63, 3.8) is 0 Å². The lowest BCUT2D eigenvalue weighted by Gasteiger charge is -2.34. The van der Waals surface area contributed by atoms with E-state index in [9.17, 15) is 18.0 Å². The van der Waals surface area contributed by atoms with Crippen LogP contribution in [0.3, 0.4) is 0 Å². The Hall–Kier alpha value is -2.17. The van der Waals surface area contributed by atoms with E-state index in [1.54, 1.807) is 4.90 Å². The van der Waals surface area contributed by atoms with Crippen molar-refractivity contribution < 1.29 is 27.5 Å². The molecule has 2 saturated heterocycles. The number of methoxy groups -OCH3 is 1. The summed E-state index contributed by atoms with van der Waals surface area (Å²) in [5.41, 5.74) is 0.396. The molecule has 1 aromatic rings. The molecule has 166 valence electrons. The van der Waals surface area contributed by atoms with E-state index in [0.717, 1.165) is 0 Å². The van der Waals surface area contributed by atoms with Crippen molar-refractivity contribution in [1.82, 2.24) is 14.5 Å². The molecule has 2 atom stereocenters. The lowest BCUT2D eigenvalue weighted by molar-refractivity contribution is -0.0440. The third-order valence-corrected chi connectivity index (χ3v) is 7.25. The zero-order valence-corrected chi connectivity index (χ0v) is 18.4. The van der Waals surface area contributed by atoms with E-state index in [-0.39, 0.29) is 35.1 Å².